The smallest absolute Gasteiger partial charge is 0.407 e. The summed E-state index contributed by atoms with van der Waals surface area (Å²) in [5.74, 6) is 0.546. The number of nitrogens with two attached hydrogens (primary N) is 1. The molecule has 0 aliphatic heterocycles. The lowest BCUT2D eigenvalue weighted by atomic mass is 10.1. The normalized spacial score (nSPS) is 12.3. The topological polar surface area (TPSA) is 98.8 Å². The van der Waals surface area contributed by atoms with Crippen LogP contribution in [0.2, 0.25) is 5.15 Å². The van der Waals surface area contributed by atoms with E-state index in [4.69, 9.17) is 26.8 Å². The van der Waals surface area contributed by atoms with Gasteiger partial charge in [-0.05, 0) is 20.8 Å². The minimum absolute atomic E-state index is 0.325. The number of ether oxygens (including phenoxy) is 2. The van der Waals surface area contributed by atoms with E-state index in [1.54, 1.807) is 39.2 Å². The maximum Gasteiger partial charge on any atom is 0.407 e. The number of halogens is 1. The van der Waals surface area contributed by atoms with Crippen LogP contribution in [0.1, 0.15) is 26.3 Å². The van der Waals surface area contributed by atoms with Crippen molar-refractivity contribution in [2.75, 3.05) is 20.2 Å². The fourth-order valence-electron chi connectivity index (χ4n) is 1.70. The van der Waals surface area contributed by atoms with Crippen LogP contribution in [0.4, 0.5) is 4.79 Å². The number of nitrogens with zero attached hydrogens (tertiary/aromatic N) is 2. The largest absolute Gasteiger partial charge is 0.496 e. The molecular formula is C16H23ClN4O3. The maximum absolute atomic E-state index is 11.5. The number of carbonyl (C=O) groups is 1. The average Bonchev–Trinajstić information content (AvgIpc) is 2.49. The summed E-state index contributed by atoms with van der Waals surface area (Å²) in [5.41, 5.74) is 6.42. The van der Waals surface area contributed by atoms with Gasteiger partial charge in [0.2, 0.25) is 0 Å². The number of allylic oxidation sites excluding steroid dienone is 1. The molecule has 1 aromatic rings. The Bertz CT molecular complexity index is 624. The summed E-state index contributed by atoms with van der Waals surface area (Å²) in [4.78, 5) is 19.7. The van der Waals surface area contributed by atoms with Gasteiger partial charge >= 0.3 is 6.09 Å². The lowest BCUT2D eigenvalue weighted by molar-refractivity contribution is 0.0529. The predicted octanol–water partition coefficient (Wildman–Crippen LogP) is 2.64. The molecule has 1 rings (SSSR count). The molecule has 0 unspecified atom stereocenters. The first-order chi connectivity index (χ1) is 11.3. The van der Waals surface area contributed by atoms with E-state index in [9.17, 15) is 4.79 Å². The SMILES string of the molecule is COc1cc(Cl)ncc1/C(C=NCCNC(=O)OC(C)(C)C)=C/N. The van der Waals surface area contributed by atoms with Crippen molar-refractivity contribution in [2.24, 2.45) is 10.7 Å². The first kappa shape index (κ1) is 19.8. The first-order valence-corrected chi connectivity index (χ1v) is 7.73. The zero-order valence-corrected chi connectivity index (χ0v) is 15.1. The summed E-state index contributed by atoms with van der Waals surface area (Å²) in [5, 5.41) is 2.95. The Morgan fingerprint density at radius 2 is 2.21 bits per heavy atom. The van der Waals surface area contributed by atoms with Crippen molar-refractivity contribution in [2.45, 2.75) is 26.4 Å². The molecule has 0 radical (unpaired) electrons. The van der Waals surface area contributed by atoms with Gasteiger partial charge in [0.25, 0.3) is 0 Å². The summed E-state index contributed by atoms with van der Waals surface area (Å²) in [6.45, 7) is 6.13. The minimum atomic E-state index is -0.527. The lowest BCUT2D eigenvalue weighted by Crippen LogP contribution is -2.33. The number of aliphatic imine (C=N–C) groups is 1. The third-order valence-electron chi connectivity index (χ3n) is 2.68. The van der Waals surface area contributed by atoms with E-state index in [0.29, 0.717) is 35.1 Å². The highest BCUT2D eigenvalue weighted by Gasteiger charge is 2.15. The van der Waals surface area contributed by atoms with Crippen molar-refractivity contribution in [1.82, 2.24) is 10.3 Å². The number of pyridine rings is 1. The molecule has 1 heterocycles. The number of alkyl carbamates (subject to hydrolysis) is 1. The molecule has 0 aliphatic carbocycles. The molecule has 0 saturated carbocycles. The predicted molar refractivity (Wildman–Crippen MR) is 95.6 cm³/mol. The molecule has 7 nitrogen and oxygen atoms in total. The molecule has 8 heteroatoms. The molecule has 0 aromatic carbocycles. The number of rotatable bonds is 6. The molecule has 1 aromatic heterocycles. The summed E-state index contributed by atoms with van der Waals surface area (Å²) in [6.07, 6.45) is 4.07. The Labute approximate surface area is 146 Å². The van der Waals surface area contributed by atoms with Crippen molar-refractivity contribution < 1.29 is 14.3 Å². The van der Waals surface area contributed by atoms with Crippen molar-refractivity contribution in [3.63, 3.8) is 0 Å². The highest BCUT2D eigenvalue weighted by atomic mass is 35.5. The number of carbonyl (C=O) groups excluding carboxylic acids is 1. The van der Waals surface area contributed by atoms with Gasteiger partial charge in [-0.3, -0.25) is 4.99 Å². The van der Waals surface area contributed by atoms with Crippen LogP contribution < -0.4 is 15.8 Å². The van der Waals surface area contributed by atoms with E-state index in [0.717, 1.165) is 0 Å². The zero-order chi connectivity index (χ0) is 18.2. The molecule has 24 heavy (non-hydrogen) atoms. The molecule has 0 saturated heterocycles. The summed E-state index contributed by atoms with van der Waals surface area (Å²) >= 11 is 5.84. The van der Waals surface area contributed by atoms with Crippen molar-refractivity contribution in [3.8, 4) is 5.75 Å². The van der Waals surface area contributed by atoms with Crippen LogP contribution in [-0.4, -0.2) is 43.1 Å². The number of aromatic nitrogens is 1. The Morgan fingerprint density at radius 1 is 1.50 bits per heavy atom. The van der Waals surface area contributed by atoms with Gasteiger partial charge < -0.3 is 20.5 Å². The van der Waals surface area contributed by atoms with E-state index in [1.807, 2.05) is 0 Å². The second kappa shape index (κ2) is 9.12. The zero-order valence-electron chi connectivity index (χ0n) is 14.3. The number of hydrogen-bond acceptors (Lipinski definition) is 6. The lowest BCUT2D eigenvalue weighted by Gasteiger charge is -2.19. The van der Waals surface area contributed by atoms with Gasteiger partial charge in [-0.15, -0.1) is 0 Å². The molecule has 0 bridgehead atoms. The van der Waals surface area contributed by atoms with Crippen LogP contribution in [-0.2, 0) is 4.74 Å². The fraction of sp³-hybridized carbons (Fsp3) is 0.438. The standard InChI is InChI=1S/C16H23ClN4O3/c1-16(2,3)24-15(22)20-6-5-19-9-11(8-18)12-10-21-14(17)7-13(12)23-4/h7-10H,5-6,18H2,1-4H3,(H,20,22)/b11-8+,19-9?. The Morgan fingerprint density at radius 3 is 2.79 bits per heavy atom. The molecule has 3 N–H and O–H groups in total. The fourth-order valence-corrected chi connectivity index (χ4v) is 1.85. The number of hydrogen-bond donors (Lipinski definition) is 2. The van der Waals surface area contributed by atoms with Crippen LogP contribution in [0.3, 0.4) is 0 Å². The van der Waals surface area contributed by atoms with Gasteiger partial charge in [0.15, 0.2) is 0 Å². The van der Waals surface area contributed by atoms with E-state index in [2.05, 4.69) is 15.3 Å². The summed E-state index contributed by atoms with van der Waals surface area (Å²) < 4.78 is 10.4. The van der Waals surface area contributed by atoms with Gasteiger partial charge in [-0.2, -0.15) is 0 Å². The number of amides is 1. The Kier molecular flexibility index (Phi) is 7.51. The van der Waals surface area contributed by atoms with Crippen molar-refractivity contribution in [1.29, 1.82) is 0 Å². The average molecular weight is 355 g/mol. The van der Waals surface area contributed by atoms with Crippen LogP contribution in [0, 0.1) is 0 Å². The molecule has 0 fully saturated rings. The molecular weight excluding hydrogens is 332 g/mol. The van der Waals surface area contributed by atoms with E-state index in [-0.39, 0.29) is 0 Å². The number of methoxy groups -OCH3 is 1. The highest BCUT2D eigenvalue weighted by Crippen LogP contribution is 2.26. The van der Waals surface area contributed by atoms with Crippen LogP contribution >= 0.6 is 11.6 Å². The van der Waals surface area contributed by atoms with Crippen molar-refractivity contribution >= 4 is 29.5 Å². The Balaban J connectivity index is 2.58. The van der Waals surface area contributed by atoms with Gasteiger partial charge in [0.1, 0.15) is 16.5 Å². The minimum Gasteiger partial charge on any atom is -0.496 e. The van der Waals surface area contributed by atoms with E-state index in [1.165, 1.54) is 13.3 Å². The van der Waals surface area contributed by atoms with E-state index >= 15 is 0 Å². The molecule has 0 atom stereocenters. The van der Waals surface area contributed by atoms with Gasteiger partial charge in [-0.1, -0.05) is 11.6 Å². The van der Waals surface area contributed by atoms with Crippen LogP contribution in [0.5, 0.6) is 5.75 Å². The third-order valence-corrected chi connectivity index (χ3v) is 2.89. The first-order valence-electron chi connectivity index (χ1n) is 7.35. The summed E-state index contributed by atoms with van der Waals surface area (Å²) in [6, 6.07) is 1.60. The third kappa shape index (κ3) is 6.87. The van der Waals surface area contributed by atoms with Crippen LogP contribution in [0.25, 0.3) is 5.57 Å². The Hall–Kier alpha value is -2.28. The van der Waals surface area contributed by atoms with Crippen molar-refractivity contribution in [3.05, 3.63) is 29.2 Å². The summed E-state index contributed by atoms with van der Waals surface area (Å²) in [7, 11) is 1.53. The number of nitrogens with one attached hydrogen (secondary N) is 1. The second-order valence-electron chi connectivity index (χ2n) is 5.79. The molecule has 0 aliphatic rings. The maximum atomic E-state index is 11.5. The molecule has 1 amide bonds. The highest BCUT2D eigenvalue weighted by molar-refractivity contribution is 6.29. The second-order valence-corrected chi connectivity index (χ2v) is 6.18. The van der Waals surface area contributed by atoms with Gasteiger partial charge in [0.05, 0.1) is 13.7 Å². The van der Waals surface area contributed by atoms with Gasteiger partial charge in [-0.25, -0.2) is 9.78 Å². The van der Waals surface area contributed by atoms with Gasteiger partial charge in [0, 0.05) is 42.4 Å². The molecule has 0 spiro atoms. The molecule has 132 valence electrons. The van der Waals surface area contributed by atoms with Crippen LogP contribution in [0.15, 0.2) is 23.5 Å². The van der Waals surface area contributed by atoms with E-state index < -0.39 is 11.7 Å². The quantitative estimate of drug-likeness (QED) is 0.465. The monoisotopic (exact) mass is 354 g/mol.